The maximum atomic E-state index is 13.1. The standard InChI is InChI=1S/C18H21F2N7O.C2HF3O2/c1-25-10-13(16(24-25)17(19)20)22-18(28)14-6-4-12-5-7-15(23-27(12)14)26-8-2-3-11(21)9-26;3-2(4,5)1(6)7/h4-7,10-11,17H,2-3,8-9,21H2,1H3,(H,22,28);(H,6,7)/t11-;/m1./s1. The number of amides is 1. The van der Waals surface area contributed by atoms with E-state index < -0.39 is 30.2 Å². The molecule has 1 atom stereocenters. The van der Waals surface area contributed by atoms with Gasteiger partial charge in [-0.2, -0.15) is 18.3 Å². The Labute approximate surface area is 195 Å². The van der Waals surface area contributed by atoms with E-state index in [1.807, 2.05) is 12.1 Å². The van der Waals surface area contributed by atoms with Gasteiger partial charge in [0.05, 0.1) is 11.2 Å². The molecule has 1 fully saturated rings. The van der Waals surface area contributed by atoms with Gasteiger partial charge < -0.3 is 21.1 Å². The molecule has 4 N–H and O–H groups in total. The molecule has 0 saturated carbocycles. The first-order valence-electron chi connectivity index (χ1n) is 10.3. The van der Waals surface area contributed by atoms with Crippen LogP contribution >= 0.6 is 0 Å². The van der Waals surface area contributed by atoms with E-state index in [0.29, 0.717) is 6.54 Å². The first kappa shape index (κ1) is 25.9. The summed E-state index contributed by atoms with van der Waals surface area (Å²) in [6.45, 7) is 1.55. The van der Waals surface area contributed by atoms with Gasteiger partial charge in [-0.1, -0.05) is 0 Å². The van der Waals surface area contributed by atoms with E-state index in [2.05, 4.69) is 20.4 Å². The third kappa shape index (κ3) is 6.23. The van der Waals surface area contributed by atoms with E-state index in [9.17, 15) is 26.7 Å². The predicted octanol–water partition coefficient (Wildman–Crippen LogP) is 2.82. The van der Waals surface area contributed by atoms with Gasteiger partial charge in [0.15, 0.2) is 5.69 Å². The second-order valence-corrected chi connectivity index (χ2v) is 7.75. The highest BCUT2D eigenvalue weighted by Crippen LogP contribution is 2.26. The number of hydrogen-bond acceptors (Lipinski definition) is 6. The van der Waals surface area contributed by atoms with E-state index >= 15 is 0 Å². The van der Waals surface area contributed by atoms with Crippen LogP contribution in [0.3, 0.4) is 0 Å². The van der Waals surface area contributed by atoms with Crippen LogP contribution in [-0.4, -0.2) is 61.7 Å². The summed E-state index contributed by atoms with van der Waals surface area (Å²) in [7, 11) is 1.52. The number of carboxylic acid groups (broad SMARTS) is 1. The van der Waals surface area contributed by atoms with E-state index in [1.165, 1.54) is 22.4 Å². The number of hydrogen-bond donors (Lipinski definition) is 3. The molecule has 1 aliphatic heterocycles. The Hall–Kier alpha value is -3.75. The number of nitrogens with zero attached hydrogens (tertiary/aromatic N) is 5. The predicted molar refractivity (Wildman–Crippen MR) is 114 cm³/mol. The number of carbonyl (C=O) groups is 2. The van der Waals surface area contributed by atoms with Gasteiger partial charge in [0.25, 0.3) is 12.3 Å². The normalized spacial score (nSPS) is 16.2. The number of anilines is 2. The summed E-state index contributed by atoms with van der Waals surface area (Å²) < 4.78 is 60.7. The third-order valence-electron chi connectivity index (χ3n) is 5.06. The second-order valence-electron chi connectivity index (χ2n) is 7.75. The maximum Gasteiger partial charge on any atom is 0.490 e. The summed E-state index contributed by atoms with van der Waals surface area (Å²) in [5, 5.41) is 17.9. The quantitative estimate of drug-likeness (QED) is 0.467. The number of alkyl halides is 5. The molecule has 3 aromatic heterocycles. The third-order valence-corrected chi connectivity index (χ3v) is 5.06. The van der Waals surface area contributed by atoms with Crippen molar-refractivity contribution in [3.8, 4) is 0 Å². The zero-order chi connectivity index (χ0) is 25.9. The van der Waals surface area contributed by atoms with Crippen molar-refractivity contribution in [1.29, 1.82) is 0 Å². The van der Waals surface area contributed by atoms with Gasteiger partial charge >= 0.3 is 12.1 Å². The minimum absolute atomic E-state index is 0.0180. The molecular weight excluding hydrogens is 481 g/mol. The Morgan fingerprint density at radius 3 is 2.46 bits per heavy atom. The number of piperidine rings is 1. The lowest BCUT2D eigenvalue weighted by molar-refractivity contribution is -0.192. The summed E-state index contributed by atoms with van der Waals surface area (Å²) in [6.07, 6.45) is -4.55. The average Bonchev–Trinajstić information content (AvgIpc) is 3.36. The first-order chi connectivity index (χ1) is 16.4. The fourth-order valence-electron chi connectivity index (χ4n) is 3.49. The van der Waals surface area contributed by atoms with Gasteiger partial charge in [-0.05, 0) is 37.1 Å². The van der Waals surface area contributed by atoms with Crippen molar-refractivity contribution < 1.29 is 36.6 Å². The highest BCUT2D eigenvalue weighted by atomic mass is 19.4. The van der Waals surface area contributed by atoms with Crippen molar-refractivity contribution in [3.63, 3.8) is 0 Å². The van der Waals surface area contributed by atoms with E-state index in [-0.39, 0.29) is 17.4 Å². The van der Waals surface area contributed by atoms with Crippen LogP contribution in [0, 0.1) is 0 Å². The number of rotatable bonds is 4. The molecular formula is C20H22F5N7O3. The van der Waals surface area contributed by atoms with Gasteiger partial charge in [0.1, 0.15) is 11.5 Å². The summed E-state index contributed by atoms with van der Waals surface area (Å²) in [4.78, 5) is 23.7. The van der Waals surface area contributed by atoms with Crippen molar-refractivity contribution in [2.24, 2.45) is 12.8 Å². The Balaban J connectivity index is 0.000000429. The van der Waals surface area contributed by atoms with Crippen LogP contribution in [0.5, 0.6) is 0 Å². The minimum Gasteiger partial charge on any atom is -0.475 e. The van der Waals surface area contributed by atoms with Gasteiger partial charge in [0.2, 0.25) is 0 Å². The first-order valence-corrected chi connectivity index (χ1v) is 10.3. The zero-order valence-electron chi connectivity index (χ0n) is 18.3. The highest BCUT2D eigenvalue weighted by Gasteiger charge is 2.38. The van der Waals surface area contributed by atoms with Gasteiger partial charge in [-0.15, -0.1) is 5.10 Å². The van der Waals surface area contributed by atoms with E-state index in [0.717, 1.165) is 30.7 Å². The van der Waals surface area contributed by atoms with Crippen molar-refractivity contribution in [3.05, 3.63) is 41.9 Å². The number of carboxylic acids is 1. The topological polar surface area (TPSA) is 131 Å². The molecule has 0 radical (unpaired) electrons. The van der Waals surface area contributed by atoms with Crippen LogP contribution in [0.2, 0.25) is 0 Å². The Bertz CT molecular complexity index is 1210. The number of nitrogens with one attached hydrogen (secondary N) is 1. The van der Waals surface area contributed by atoms with Crippen LogP contribution in [0.25, 0.3) is 5.52 Å². The number of fused-ring (bicyclic) bond motifs is 1. The lowest BCUT2D eigenvalue weighted by atomic mass is 10.1. The molecule has 0 aliphatic carbocycles. The average molecular weight is 503 g/mol. The number of aliphatic carboxylic acids is 1. The monoisotopic (exact) mass is 503 g/mol. The Morgan fingerprint density at radius 1 is 1.20 bits per heavy atom. The molecule has 4 heterocycles. The van der Waals surface area contributed by atoms with E-state index in [4.69, 9.17) is 15.6 Å². The maximum absolute atomic E-state index is 13.1. The van der Waals surface area contributed by atoms with Crippen LogP contribution < -0.4 is 16.0 Å². The molecule has 0 aromatic carbocycles. The summed E-state index contributed by atoms with van der Waals surface area (Å²) in [6, 6.07) is 7.23. The molecule has 1 saturated heterocycles. The summed E-state index contributed by atoms with van der Waals surface area (Å²) >= 11 is 0. The minimum atomic E-state index is -5.08. The van der Waals surface area contributed by atoms with Crippen molar-refractivity contribution in [2.45, 2.75) is 31.5 Å². The molecule has 190 valence electrons. The molecule has 0 spiro atoms. The number of aryl methyl sites for hydroxylation is 1. The second kappa shape index (κ2) is 10.2. The molecule has 1 amide bonds. The fourth-order valence-corrected chi connectivity index (χ4v) is 3.49. The smallest absolute Gasteiger partial charge is 0.475 e. The van der Waals surface area contributed by atoms with Gasteiger partial charge in [-0.3, -0.25) is 9.48 Å². The Kier molecular flexibility index (Phi) is 7.57. The number of carbonyl (C=O) groups excluding carboxylic acids is 1. The van der Waals surface area contributed by atoms with E-state index in [1.54, 1.807) is 12.1 Å². The Morgan fingerprint density at radius 2 is 1.86 bits per heavy atom. The van der Waals surface area contributed by atoms with Crippen LogP contribution in [0.15, 0.2) is 30.5 Å². The van der Waals surface area contributed by atoms with Gasteiger partial charge in [0, 0.05) is 32.4 Å². The van der Waals surface area contributed by atoms with Crippen molar-refractivity contribution in [2.75, 3.05) is 23.3 Å². The largest absolute Gasteiger partial charge is 0.490 e. The van der Waals surface area contributed by atoms with Gasteiger partial charge in [-0.25, -0.2) is 18.1 Å². The number of nitrogens with two attached hydrogens (primary N) is 1. The summed E-state index contributed by atoms with van der Waals surface area (Å²) in [5.41, 5.74) is 6.55. The molecule has 0 unspecified atom stereocenters. The molecule has 3 aromatic rings. The lowest BCUT2D eigenvalue weighted by Gasteiger charge is -2.31. The molecule has 10 nitrogen and oxygen atoms in total. The number of aromatic nitrogens is 4. The van der Waals surface area contributed by atoms with Crippen LogP contribution in [0.4, 0.5) is 33.5 Å². The molecule has 35 heavy (non-hydrogen) atoms. The molecule has 4 rings (SSSR count). The summed E-state index contributed by atoms with van der Waals surface area (Å²) in [5.74, 6) is -2.56. The lowest BCUT2D eigenvalue weighted by Crippen LogP contribution is -2.43. The number of halogens is 5. The molecule has 0 bridgehead atoms. The molecule has 1 aliphatic rings. The van der Waals surface area contributed by atoms with Crippen molar-refractivity contribution in [1.82, 2.24) is 19.4 Å². The molecule has 15 heteroatoms. The highest BCUT2D eigenvalue weighted by molar-refractivity contribution is 6.04. The zero-order valence-corrected chi connectivity index (χ0v) is 18.3. The SMILES string of the molecule is Cn1cc(NC(=O)c2ccc3ccc(N4CCC[C@@H](N)C4)nn23)c(C(F)F)n1.O=C(O)C(F)(F)F. The fraction of sp³-hybridized carbons (Fsp3) is 0.400. The van der Waals surface area contributed by atoms with Crippen molar-refractivity contribution >= 4 is 28.9 Å². The van der Waals surface area contributed by atoms with Crippen LogP contribution in [0.1, 0.15) is 35.4 Å². The van der Waals surface area contributed by atoms with Crippen LogP contribution in [-0.2, 0) is 11.8 Å².